The van der Waals surface area contributed by atoms with Gasteiger partial charge in [-0.25, -0.2) is 0 Å². The number of carbonyl (C=O) groups is 1. The van der Waals surface area contributed by atoms with Crippen molar-refractivity contribution in [3.63, 3.8) is 0 Å². The quantitative estimate of drug-likeness (QED) is 0.715. The van der Waals surface area contributed by atoms with E-state index in [1.165, 1.54) is 0 Å². The van der Waals surface area contributed by atoms with Gasteiger partial charge in [0.25, 0.3) is 5.91 Å². The van der Waals surface area contributed by atoms with E-state index in [-0.39, 0.29) is 11.9 Å². The van der Waals surface area contributed by atoms with Crippen molar-refractivity contribution in [3.8, 4) is 0 Å². The molecule has 0 aliphatic heterocycles. The van der Waals surface area contributed by atoms with Gasteiger partial charge in [-0.3, -0.25) is 4.79 Å². The Morgan fingerprint density at radius 3 is 2.46 bits per heavy atom. The molecule has 1 heterocycles. The first kappa shape index (κ1) is 9.84. The summed E-state index contributed by atoms with van der Waals surface area (Å²) in [6.45, 7) is 7.83. The second-order valence-electron chi connectivity index (χ2n) is 3.62. The van der Waals surface area contributed by atoms with Gasteiger partial charge in [0.1, 0.15) is 5.69 Å². The van der Waals surface area contributed by atoms with Crippen LogP contribution in [0.4, 0.5) is 0 Å². The first-order valence-electron chi connectivity index (χ1n) is 4.47. The zero-order valence-electron chi connectivity index (χ0n) is 8.56. The molecule has 0 aliphatic carbocycles. The van der Waals surface area contributed by atoms with Crippen LogP contribution in [0.3, 0.4) is 0 Å². The van der Waals surface area contributed by atoms with Crippen LogP contribution in [0.1, 0.15) is 35.6 Å². The fourth-order valence-corrected chi connectivity index (χ4v) is 1.12. The van der Waals surface area contributed by atoms with Crippen LogP contribution in [-0.4, -0.2) is 16.9 Å². The Balaban J connectivity index is 2.77. The highest BCUT2D eigenvalue weighted by atomic mass is 16.1. The standard InChI is InChI=1S/C10H16N2O/c1-6(2)11-10(13)9-5-7(3)8(4)12-9/h5-6,12H,1-4H3,(H,11,13). The summed E-state index contributed by atoms with van der Waals surface area (Å²) >= 11 is 0. The van der Waals surface area contributed by atoms with Crippen molar-refractivity contribution < 1.29 is 4.79 Å². The molecule has 1 amide bonds. The smallest absolute Gasteiger partial charge is 0.267 e. The lowest BCUT2D eigenvalue weighted by Gasteiger charge is -2.05. The molecule has 0 unspecified atom stereocenters. The van der Waals surface area contributed by atoms with Crippen molar-refractivity contribution in [1.29, 1.82) is 0 Å². The van der Waals surface area contributed by atoms with Gasteiger partial charge < -0.3 is 10.3 Å². The Hall–Kier alpha value is -1.25. The second kappa shape index (κ2) is 3.64. The average Bonchev–Trinajstić information content (AvgIpc) is 2.31. The number of hydrogen-bond donors (Lipinski definition) is 2. The van der Waals surface area contributed by atoms with Crippen LogP contribution in [0.25, 0.3) is 0 Å². The molecule has 1 aromatic rings. The Morgan fingerprint density at radius 2 is 2.08 bits per heavy atom. The summed E-state index contributed by atoms with van der Waals surface area (Å²) in [6.07, 6.45) is 0. The molecule has 0 saturated carbocycles. The molecule has 0 spiro atoms. The summed E-state index contributed by atoms with van der Waals surface area (Å²) in [6, 6.07) is 2.05. The Kier molecular flexibility index (Phi) is 2.76. The van der Waals surface area contributed by atoms with E-state index in [4.69, 9.17) is 0 Å². The summed E-state index contributed by atoms with van der Waals surface area (Å²) in [7, 11) is 0. The number of aromatic amines is 1. The number of aryl methyl sites for hydroxylation is 2. The summed E-state index contributed by atoms with van der Waals surface area (Å²) in [5, 5.41) is 2.83. The number of H-pyrrole nitrogens is 1. The fourth-order valence-electron chi connectivity index (χ4n) is 1.12. The van der Waals surface area contributed by atoms with Gasteiger partial charge >= 0.3 is 0 Å². The third kappa shape index (κ3) is 2.34. The lowest BCUT2D eigenvalue weighted by atomic mass is 10.3. The molecule has 3 nitrogen and oxygen atoms in total. The normalized spacial score (nSPS) is 10.5. The first-order valence-corrected chi connectivity index (χ1v) is 4.47. The number of carbonyl (C=O) groups excluding carboxylic acids is 1. The van der Waals surface area contributed by atoms with Gasteiger partial charge in [0, 0.05) is 11.7 Å². The van der Waals surface area contributed by atoms with Gasteiger partial charge in [-0.05, 0) is 39.3 Å². The van der Waals surface area contributed by atoms with Gasteiger partial charge in [0.2, 0.25) is 0 Å². The van der Waals surface area contributed by atoms with E-state index in [0.717, 1.165) is 11.3 Å². The number of nitrogens with one attached hydrogen (secondary N) is 2. The number of rotatable bonds is 2. The molecule has 1 aromatic heterocycles. The maximum Gasteiger partial charge on any atom is 0.267 e. The van der Waals surface area contributed by atoms with Gasteiger partial charge in [0.05, 0.1) is 0 Å². The number of hydrogen-bond acceptors (Lipinski definition) is 1. The molecule has 2 N–H and O–H groups in total. The van der Waals surface area contributed by atoms with Crippen molar-refractivity contribution in [3.05, 3.63) is 23.0 Å². The largest absolute Gasteiger partial charge is 0.354 e. The number of amides is 1. The molecule has 0 radical (unpaired) electrons. The molecule has 1 rings (SSSR count). The minimum Gasteiger partial charge on any atom is -0.354 e. The van der Waals surface area contributed by atoms with Crippen LogP contribution in [-0.2, 0) is 0 Å². The minimum atomic E-state index is -0.0359. The van der Waals surface area contributed by atoms with E-state index in [0.29, 0.717) is 5.69 Å². The monoisotopic (exact) mass is 180 g/mol. The Labute approximate surface area is 78.5 Å². The Bertz CT molecular complexity index is 293. The van der Waals surface area contributed by atoms with Crippen molar-refractivity contribution in [2.45, 2.75) is 33.7 Å². The lowest BCUT2D eigenvalue weighted by molar-refractivity contribution is 0.0938. The summed E-state index contributed by atoms with van der Waals surface area (Å²) in [5.41, 5.74) is 2.81. The first-order chi connectivity index (χ1) is 6.00. The Morgan fingerprint density at radius 1 is 1.46 bits per heavy atom. The van der Waals surface area contributed by atoms with Crippen LogP contribution in [0.5, 0.6) is 0 Å². The van der Waals surface area contributed by atoms with Gasteiger partial charge in [-0.1, -0.05) is 0 Å². The van der Waals surface area contributed by atoms with Crippen molar-refractivity contribution in [2.24, 2.45) is 0 Å². The topological polar surface area (TPSA) is 44.9 Å². The molecule has 0 bridgehead atoms. The van der Waals surface area contributed by atoms with Crippen LogP contribution in [0.2, 0.25) is 0 Å². The molecular formula is C10H16N2O. The third-order valence-corrected chi connectivity index (χ3v) is 1.94. The van der Waals surface area contributed by atoms with E-state index in [9.17, 15) is 4.79 Å². The molecule has 72 valence electrons. The van der Waals surface area contributed by atoms with Gasteiger partial charge in [0.15, 0.2) is 0 Å². The van der Waals surface area contributed by atoms with E-state index in [1.807, 2.05) is 33.8 Å². The molecule has 0 saturated heterocycles. The molecule has 0 atom stereocenters. The second-order valence-corrected chi connectivity index (χ2v) is 3.62. The van der Waals surface area contributed by atoms with Crippen LogP contribution < -0.4 is 5.32 Å². The minimum absolute atomic E-state index is 0.0359. The average molecular weight is 180 g/mol. The molecule has 3 heteroatoms. The fraction of sp³-hybridized carbons (Fsp3) is 0.500. The highest BCUT2D eigenvalue weighted by Gasteiger charge is 2.09. The summed E-state index contributed by atoms with van der Waals surface area (Å²) in [5.74, 6) is -0.0359. The molecule has 0 fully saturated rings. The molecular weight excluding hydrogens is 164 g/mol. The van der Waals surface area contributed by atoms with Crippen LogP contribution in [0.15, 0.2) is 6.07 Å². The molecule has 0 aliphatic rings. The van der Waals surface area contributed by atoms with E-state index in [1.54, 1.807) is 0 Å². The zero-order valence-corrected chi connectivity index (χ0v) is 8.56. The van der Waals surface area contributed by atoms with Crippen molar-refractivity contribution in [2.75, 3.05) is 0 Å². The maximum atomic E-state index is 11.5. The summed E-state index contributed by atoms with van der Waals surface area (Å²) < 4.78 is 0. The number of aromatic nitrogens is 1. The third-order valence-electron chi connectivity index (χ3n) is 1.94. The van der Waals surface area contributed by atoms with E-state index >= 15 is 0 Å². The predicted molar refractivity (Wildman–Crippen MR) is 52.9 cm³/mol. The lowest BCUT2D eigenvalue weighted by Crippen LogP contribution is -2.30. The van der Waals surface area contributed by atoms with E-state index in [2.05, 4.69) is 10.3 Å². The maximum absolute atomic E-state index is 11.5. The van der Waals surface area contributed by atoms with Crippen molar-refractivity contribution >= 4 is 5.91 Å². The van der Waals surface area contributed by atoms with Crippen LogP contribution >= 0.6 is 0 Å². The highest BCUT2D eigenvalue weighted by molar-refractivity contribution is 5.92. The van der Waals surface area contributed by atoms with Crippen LogP contribution in [0, 0.1) is 13.8 Å². The van der Waals surface area contributed by atoms with E-state index < -0.39 is 0 Å². The SMILES string of the molecule is Cc1cc(C(=O)NC(C)C)[nH]c1C. The predicted octanol–water partition coefficient (Wildman–Crippen LogP) is 1.77. The van der Waals surface area contributed by atoms with Gasteiger partial charge in [-0.2, -0.15) is 0 Å². The molecule has 13 heavy (non-hydrogen) atoms. The highest BCUT2D eigenvalue weighted by Crippen LogP contribution is 2.07. The van der Waals surface area contributed by atoms with Gasteiger partial charge in [-0.15, -0.1) is 0 Å². The zero-order chi connectivity index (χ0) is 10.0. The summed E-state index contributed by atoms with van der Waals surface area (Å²) in [4.78, 5) is 14.5. The van der Waals surface area contributed by atoms with Crippen molar-refractivity contribution in [1.82, 2.24) is 10.3 Å². The molecule has 0 aromatic carbocycles.